The minimum atomic E-state index is 0.724. The van der Waals surface area contributed by atoms with Crippen LogP contribution in [0.1, 0.15) is 5.56 Å². The molecule has 0 bridgehead atoms. The van der Waals surface area contributed by atoms with Gasteiger partial charge in [0.25, 0.3) is 0 Å². The normalized spacial score (nSPS) is 11.5. The predicted octanol–water partition coefficient (Wildman–Crippen LogP) is 3.01. The van der Waals surface area contributed by atoms with Crippen LogP contribution in [-0.4, -0.2) is 18.4 Å². The maximum atomic E-state index is 5.76. The number of hydrogen-bond acceptors (Lipinski definition) is 3. The third-order valence-corrected chi connectivity index (χ3v) is 2.41. The molecule has 0 aliphatic heterocycles. The molecule has 0 spiro atoms. The average molecular weight is 216 g/mol. The van der Waals surface area contributed by atoms with E-state index in [1.807, 2.05) is 30.5 Å². The highest BCUT2D eigenvalue weighted by Crippen LogP contribution is 2.14. The molecule has 0 saturated heterocycles. The first-order chi connectivity index (χ1) is 6.27. The van der Waals surface area contributed by atoms with Crippen LogP contribution in [-0.2, 0) is 4.84 Å². The van der Waals surface area contributed by atoms with Gasteiger partial charge >= 0.3 is 0 Å². The van der Waals surface area contributed by atoms with Crippen LogP contribution in [0.2, 0.25) is 5.02 Å². The molecule has 1 aromatic carbocycles. The zero-order valence-corrected chi connectivity index (χ0v) is 9.02. The van der Waals surface area contributed by atoms with Gasteiger partial charge in [0.15, 0.2) is 0 Å². The van der Waals surface area contributed by atoms with Crippen LogP contribution in [0.15, 0.2) is 29.4 Å². The lowest BCUT2D eigenvalue weighted by molar-refractivity contribution is 0.215. The second-order valence-corrected chi connectivity index (χ2v) is 3.52. The molecule has 4 heteroatoms. The predicted molar refractivity (Wildman–Crippen MR) is 58.5 cm³/mol. The van der Waals surface area contributed by atoms with E-state index in [9.17, 15) is 0 Å². The van der Waals surface area contributed by atoms with Gasteiger partial charge in [-0.1, -0.05) is 28.9 Å². The Balaban J connectivity index is 2.92. The minimum absolute atomic E-state index is 0.724. The molecule has 0 amide bonds. The van der Waals surface area contributed by atoms with Gasteiger partial charge in [-0.15, -0.1) is 11.8 Å². The third-order valence-electron chi connectivity index (χ3n) is 1.46. The van der Waals surface area contributed by atoms with Crippen molar-refractivity contribution in [3.05, 3.63) is 34.9 Å². The molecular formula is C9H10ClNOS. The van der Waals surface area contributed by atoms with Crippen LogP contribution in [0.3, 0.4) is 0 Å². The number of thioether (sulfide) groups is 1. The summed E-state index contributed by atoms with van der Waals surface area (Å²) in [5.74, 6) is 0. The van der Waals surface area contributed by atoms with Gasteiger partial charge in [0, 0.05) is 10.6 Å². The average Bonchev–Trinajstić information content (AvgIpc) is 2.16. The van der Waals surface area contributed by atoms with E-state index >= 15 is 0 Å². The highest BCUT2D eigenvalue weighted by atomic mass is 35.5. The summed E-state index contributed by atoms with van der Waals surface area (Å²) in [6.45, 7) is 0. The fourth-order valence-corrected chi connectivity index (χ4v) is 1.53. The van der Waals surface area contributed by atoms with Crippen LogP contribution in [0.5, 0.6) is 0 Å². The van der Waals surface area contributed by atoms with Crippen LogP contribution >= 0.6 is 23.4 Å². The van der Waals surface area contributed by atoms with Gasteiger partial charge < -0.3 is 4.84 Å². The molecule has 0 atom stereocenters. The molecule has 0 heterocycles. The molecule has 0 saturated carbocycles. The van der Waals surface area contributed by atoms with Gasteiger partial charge in [0.2, 0.25) is 0 Å². The van der Waals surface area contributed by atoms with Gasteiger partial charge in [-0.05, 0) is 18.4 Å². The van der Waals surface area contributed by atoms with Crippen molar-refractivity contribution in [2.45, 2.75) is 0 Å². The lowest BCUT2D eigenvalue weighted by Crippen LogP contribution is -1.94. The number of nitrogens with zero attached hydrogens (tertiary/aromatic N) is 1. The van der Waals surface area contributed by atoms with Crippen LogP contribution < -0.4 is 0 Å². The standard InChI is InChI=1S/C9H10ClNOS/c1-12-11-9(13-2)7-3-5-8(10)6-4-7/h3-6H,1-2H3/b11-9-. The molecule has 2 nitrogen and oxygen atoms in total. The Morgan fingerprint density at radius 1 is 1.38 bits per heavy atom. The van der Waals surface area contributed by atoms with E-state index in [2.05, 4.69) is 5.16 Å². The van der Waals surface area contributed by atoms with Gasteiger partial charge in [-0.2, -0.15) is 0 Å². The van der Waals surface area contributed by atoms with Crippen LogP contribution in [0, 0.1) is 0 Å². The maximum absolute atomic E-state index is 5.76. The van der Waals surface area contributed by atoms with E-state index in [0.29, 0.717) is 0 Å². The molecule has 0 radical (unpaired) electrons. The fraction of sp³-hybridized carbons (Fsp3) is 0.222. The molecular weight excluding hydrogens is 206 g/mol. The summed E-state index contributed by atoms with van der Waals surface area (Å²) in [6, 6.07) is 7.49. The van der Waals surface area contributed by atoms with E-state index in [4.69, 9.17) is 16.4 Å². The molecule has 1 rings (SSSR count). The topological polar surface area (TPSA) is 21.6 Å². The summed E-state index contributed by atoms with van der Waals surface area (Å²) in [7, 11) is 1.53. The second-order valence-electron chi connectivity index (χ2n) is 2.29. The highest BCUT2D eigenvalue weighted by Gasteiger charge is 2.01. The SMILES string of the molecule is CO/N=C(\SC)c1ccc(Cl)cc1. The maximum Gasteiger partial charge on any atom is 0.142 e. The van der Waals surface area contributed by atoms with Crippen LogP contribution in [0.25, 0.3) is 0 Å². The van der Waals surface area contributed by atoms with Crippen molar-refractivity contribution in [3.8, 4) is 0 Å². The minimum Gasteiger partial charge on any atom is -0.398 e. The number of hydrogen-bond donors (Lipinski definition) is 0. The van der Waals surface area contributed by atoms with Crippen LogP contribution in [0.4, 0.5) is 0 Å². The third kappa shape index (κ3) is 2.94. The first-order valence-corrected chi connectivity index (χ1v) is 5.29. The summed E-state index contributed by atoms with van der Waals surface area (Å²) < 4.78 is 0. The molecule has 0 unspecified atom stereocenters. The van der Waals surface area contributed by atoms with Gasteiger partial charge in [-0.25, -0.2) is 0 Å². The summed E-state index contributed by atoms with van der Waals surface area (Å²) in [5, 5.41) is 5.45. The molecule has 0 aliphatic carbocycles. The van der Waals surface area contributed by atoms with E-state index in [0.717, 1.165) is 15.6 Å². The Labute approximate surface area is 86.9 Å². The van der Waals surface area contributed by atoms with E-state index in [1.54, 1.807) is 0 Å². The first kappa shape index (κ1) is 10.4. The van der Waals surface area contributed by atoms with E-state index in [1.165, 1.54) is 18.9 Å². The molecule has 1 aromatic rings. The number of rotatable bonds is 2. The van der Waals surface area contributed by atoms with Gasteiger partial charge in [0.05, 0.1) is 0 Å². The highest BCUT2D eigenvalue weighted by molar-refractivity contribution is 8.13. The number of halogens is 1. The summed E-state index contributed by atoms with van der Waals surface area (Å²) in [6.07, 6.45) is 1.95. The summed E-state index contributed by atoms with van der Waals surface area (Å²) in [4.78, 5) is 4.71. The molecule has 0 fully saturated rings. The van der Waals surface area contributed by atoms with Crippen molar-refractivity contribution in [1.29, 1.82) is 0 Å². The Morgan fingerprint density at radius 2 is 2.00 bits per heavy atom. The molecule has 0 aliphatic rings. The van der Waals surface area contributed by atoms with Crippen molar-refractivity contribution in [2.75, 3.05) is 13.4 Å². The van der Waals surface area contributed by atoms with Gasteiger partial charge in [0.1, 0.15) is 12.2 Å². The molecule has 13 heavy (non-hydrogen) atoms. The monoisotopic (exact) mass is 215 g/mol. The summed E-state index contributed by atoms with van der Waals surface area (Å²) in [5.41, 5.74) is 1.01. The Kier molecular flexibility index (Phi) is 4.12. The molecule has 0 aromatic heterocycles. The first-order valence-electron chi connectivity index (χ1n) is 3.69. The number of benzene rings is 1. The lowest BCUT2D eigenvalue weighted by atomic mass is 10.2. The van der Waals surface area contributed by atoms with Crippen molar-refractivity contribution >= 4 is 28.4 Å². The van der Waals surface area contributed by atoms with Crippen molar-refractivity contribution in [3.63, 3.8) is 0 Å². The lowest BCUT2D eigenvalue weighted by Gasteiger charge is -2.01. The largest absolute Gasteiger partial charge is 0.398 e. The Hall–Kier alpha value is -0.670. The van der Waals surface area contributed by atoms with Crippen molar-refractivity contribution in [1.82, 2.24) is 0 Å². The Bertz CT molecular complexity index is 297. The fourth-order valence-electron chi connectivity index (χ4n) is 0.883. The number of oxime groups is 1. The summed E-state index contributed by atoms with van der Waals surface area (Å²) >= 11 is 7.29. The van der Waals surface area contributed by atoms with Crippen molar-refractivity contribution < 1.29 is 4.84 Å². The van der Waals surface area contributed by atoms with Gasteiger partial charge in [-0.3, -0.25) is 0 Å². The molecule has 0 N–H and O–H groups in total. The van der Waals surface area contributed by atoms with Crippen molar-refractivity contribution in [2.24, 2.45) is 5.16 Å². The quantitative estimate of drug-likeness (QED) is 0.430. The zero-order valence-electron chi connectivity index (χ0n) is 7.45. The van der Waals surface area contributed by atoms with E-state index < -0.39 is 0 Å². The smallest absolute Gasteiger partial charge is 0.142 e. The molecule has 70 valence electrons. The van der Waals surface area contributed by atoms with E-state index in [-0.39, 0.29) is 0 Å². The Morgan fingerprint density at radius 3 is 2.46 bits per heavy atom. The zero-order chi connectivity index (χ0) is 9.68. The second kappa shape index (κ2) is 5.14.